The maximum absolute atomic E-state index is 11.6. The third-order valence-electron chi connectivity index (χ3n) is 3.02. The lowest BCUT2D eigenvalue weighted by atomic mass is 10.2. The van der Waals surface area contributed by atoms with Crippen LogP contribution in [0.4, 0.5) is 4.79 Å². The van der Waals surface area contributed by atoms with E-state index in [1.165, 1.54) is 16.6 Å². The van der Waals surface area contributed by atoms with Gasteiger partial charge < -0.3 is 14.6 Å². The summed E-state index contributed by atoms with van der Waals surface area (Å²) >= 11 is 0. The predicted molar refractivity (Wildman–Crippen MR) is 80.9 cm³/mol. The number of amides is 1. The van der Waals surface area contributed by atoms with Gasteiger partial charge in [0.05, 0.1) is 0 Å². The van der Waals surface area contributed by atoms with Crippen LogP contribution in [-0.2, 0) is 11.3 Å². The molecule has 0 unspecified atom stereocenters. The number of aromatic nitrogens is 1. The number of fused-ring (bicyclic) bond motifs is 1. The van der Waals surface area contributed by atoms with E-state index >= 15 is 0 Å². The number of aryl methyl sites for hydroxylation is 1. The zero-order valence-corrected chi connectivity index (χ0v) is 12.6. The predicted octanol–water partition coefficient (Wildman–Crippen LogP) is 3.47. The van der Waals surface area contributed by atoms with Crippen LogP contribution in [-0.4, -0.2) is 22.8 Å². The summed E-state index contributed by atoms with van der Waals surface area (Å²) in [6.45, 7) is 8.93. The number of benzene rings is 1. The van der Waals surface area contributed by atoms with Gasteiger partial charge in [0.15, 0.2) is 0 Å². The van der Waals surface area contributed by atoms with Crippen molar-refractivity contribution >= 4 is 17.0 Å². The van der Waals surface area contributed by atoms with Crippen molar-refractivity contribution in [2.75, 3.05) is 6.54 Å². The molecule has 4 heteroatoms. The first-order valence-electron chi connectivity index (χ1n) is 6.88. The molecule has 0 aliphatic rings. The molecular formula is C16H22N2O2. The zero-order valence-electron chi connectivity index (χ0n) is 12.6. The SMILES string of the molecule is Cc1cc2ccccc2n1CCNC(=O)OC(C)(C)C. The number of carbonyl (C=O) groups is 1. The van der Waals surface area contributed by atoms with Gasteiger partial charge in [0.1, 0.15) is 5.60 Å². The highest BCUT2D eigenvalue weighted by atomic mass is 16.6. The lowest BCUT2D eigenvalue weighted by molar-refractivity contribution is 0.0526. The molecule has 0 saturated heterocycles. The molecule has 2 aromatic rings. The third-order valence-corrected chi connectivity index (χ3v) is 3.02. The minimum absolute atomic E-state index is 0.369. The first-order valence-corrected chi connectivity index (χ1v) is 6.88. The van der Waals surface area contributed by atoms with E-state index in [1.54, 1.807) is 0 Å². The number of rotatable bonds is 3. The molecule has 20 heavy (non-hydrogen) atoms. The number of hydrogen-bond acceptors (Lipinski definition) is 2. The van der Waals surface area contributed by atoms with Crippen LogP contribution in [0.5, 0.6) is 0 Å². The Labute approximate surface area is 119 Å². The van der Waals surface area contributed by atoms with E-state index in [9.17, 15) is 4.79 Å². The molecule has 0 saturated carbocycles. The summed E-state index contributed by atoms with van der Waals surface area (Å²) < 4.78 is 7.42. The maximum Gasteiger partial charge on any atom is 0.407 e. The van der Waals surface area contributed by atoms with Crippen LogP contribution in [0.1, 0.15) is 26.5 Å². The normalized spacial score (nSPS) is 11.6. The van der Waals surface area contributed by atoms with E-state index in [0.29, 0.717) is 6.54 Å². The average Bonchev–Trinajstić information content (AvgIpc) is 2.64. The second kappa shape index (κ2) is 5.57. The fourth-order valence-corrected chi connectivity index (χ4v) is 2.23. The summed E-state index contributed by atoms with van der Waals surface area (Å²) in [4.78, 5) is 11.6. The van der Waals surface area contributed by atoms with Gasteiger partial charge in [-0.05, 0) is 45.2 Å². The van der Waals surface area contributed by atoms with Gasteiger partial charge in [0.2, 0.25) is 0 Å². The molecule has 1 heterocycles. The van der Waals surface area contributed by atoms with Crippen LogP contribution in [0.2, 0.25) is 0 Å². The monoisotopic (exact) mass is 274 g/mol. The van der Waals surface area contributed by atoms with Crippen molar-refractivity contribution in [2.45, 2.75) is 39.8 Å². The summed E-state index contributed by atoms with van der Waals surface area (Å²) in [6, 6.07) is 10.4. The van der Waals surface area contributed by atoms with Gasteiger partial charge in [-0.25, -0.2) is 4.79 Å². The number of ether oxygens (including phenoxy) is 1. The van der Waals surface area contributed by atoms with Gasteiger partial charge in [0, 0.05) is 24.3 Å². The molecule has 1 N–H and O–H groups in total. The van der Waals surface area contributed by atoms with Crippen LogP contribution in [0.25, 0.3) is 10.9 Å². The van der Waals surface area contributed by atoms with Crippen molar-refractivity contribution < 1.29 is 9.53 Å². The number of carbonyl (C=O) groups excluding carboxylic acids is 1. The fraction of sp³-hybridized carbons (Fsp3) is 0.438. The molecule has 2 rings (SSSR count). The Bertz CT molecular complexity index is 608. The summed E-state index contributed by atoms with van der Waals surface area (Å²) in [5.74, 6) is 0. The number of hydrogen-bond donors (Lipinski definition) is 1. The van der Waals surface area contributed by atoms with Gasteiger partial charge in [0.25, 0.3) is 0 Å². The first kappa shape index (κ1) is 14.4. The van der Waals surface area contributed by atoms with Crippen LogP contribution >= 0.6 is 0 Å². The van der Waals surface area contributed by atoms with Crippen LogP contribution < -0.4 is 5.32 Å². The topological polar surface area (TPSA) is 43.3 Å². The van der Waals surface area contributed by atoms with E-state index in [2.05, 4.69) is 35.0 Å². The highest BCUT2D eigenvalue weighted by molar-refractivity contribution is 5.81. The minimum atomic E-state index is -0.458. The Morgan fingerprint density at radius 1 is 1.30 bits per heavy atom. The first-order chi connectivity index (χ1) is 9.37. The average molecular weight is 274 g/mol. The molecular weight excluding hydrogens is 252 g/mol. The molecule has 1 aromatic heterocycles. The molecule has 1 aromatic carbocycles. The van der Waals surface area contributed by atoms with Crippen molar-refractivity contribution in [1.82, 2.24) is 9.88 Å². The standard InChI is InChI=1S/C16H22N2O2/c1-12-11-13-7-5-6-8-14(13)18(12)10-9-17-15(19)20-16(2,3)4/h5-8,11H,9-10H2,1-4H3,(H,17,19). The molecule has 0 radical (unpaired) electrons. The molecule has 108 valence electrons. The zero-order chi connectivity index (χ0) is 14.8. The van der Waals surface area contributed by atoms with Crippen molar-refractivity contribution in [3.8, 4) is 0 Å². The summed E-state index contributed by atoms with van der Waals surface area (Å²) in [6.07, 6.45) is -0.369. The number of para-hydroxylation sites is 1. The fourth-order valence-electron chi connectivity index (χ4n) is 2.23. The second-order valence-corrected chi connectivity index (χ2v) is 5.92. The summed E-state index contributed by atoms with van der Waals surface area (Å²) in [5, 5.41) is 4.01. The Kier molecular flexibility index (Phi) is 4.02. The lowest BCUT2D eigenvalue weighted by Gasteiger charge is -2.20. The van der Waals surface area contributed by atoms with Gasteiger partial charge >= 0.3 is 6.09 Å². The molecule has 0 atom stereocenters. The Morgan fingerprint density at radius 3 is 2.70 bits per heavy atom. The van der Waals surface area contributed by atoms with E-state index in [-0.39, 0.29) is 6.09 Å². The number of nitrogens with one attached hydrogen (secondary N) is 1. The van der Waals surface area contributed by atoms with Crippen molar-refractivity contribution in [3.05, 3.63) is 36.0 Å². The van der Waals surface area contributed by atoms with Gasteiger partial charge in [-0.3, -0.25) is 0 Å². The van der Waals surface area contributed by atoms with Crippen molar-refractivity contribution in [3.63, 3.8) is 0 Å². The molecule has 0 bridgehead atoms. The van der Waals surface area contributed by atoms with E-state index in [0.717, 1.165) is 6.54 Å². The smallest absolute Gasteiger partial charge is 0.407 e. The van der Waals surface area contributed by atoms with E-state index in [1.807, 2.05) is 32.9 Å². The molecule has 0 spiro atoms. The molecule has 0 aliphatic heterocycles. The quantitative estimate of drug-likeness (QED) is 0.931. The van der Waals surface area contributed by atoms with Crippen molar-refractivity contribution in [2.24, 2.45) is 0 Å². The Balaban J connectivity index is 1.96. The Hall–Kier alpha value is -1.97. The third kappa shape index (κ3) is 3.53. The largest absolute Gasteiger partial charge is 0.444 e. The highest BCUT2D eigenvalue weighted by Gasteiger charge is 2.15. The lowest BCUT2D eigenvalue weighted by Crippen LogP contribution is -2.34. The molecule has 4 nitrogen and oxygen atoms in total. The highest BCUT2D eigenvalue weighted by Crippen LogP contribution is 2.18. The van der Waals surface area contributed by atoms with E-state index < -0.39 is 5.60 Å². The number of alkyl carbamates (subject to hydrolysis) is 1. The molecule has 1 amide bonds. The van der Waals surface area contributed by atoms with Gasteiger partial charge in [-0.15, -0.1) is 0 Å². The number of nitrogens with zero attached hydrogens (tertiary/aromatic N) is 1. The van der Waals surface area contributed by atoms with E-state index in [4.69, 9.17) is 4.74 Å². The van der Waals surface area contributed by atoms with Crippen LogP contribution in [0, 0.1) is 6.92 Å². The van der Waals surface area contributed by atoms with Gasteiger partial charge in [-0.1, -0.05) is 18.2 Å². The van der Waals surface area contributed by atoms with Crippen LogP contribution in [0.15, 0.2) is 30.3 Å². The maximum atomic E-state index is 11.6. The summed E-state index contributed by atoms with van der Waals surface area (Å²) in [7, 11) is 0. The summed E-state index contributed by atoms with van der Waals surface area (Å²) in [5.41, 5.74) is 1.92. The second-order valence-electron chi connectivity index (χ2n) is 5.92. The molecule has 0 aliphatic carbocycles. The van der Waals surface area contributed by atoms with Gasteiger partial charge in [-0.2, -0.15) is 0 Å². The molecule has 0 fully saturated rings. The van der Waals surface area contributed by atoms with Crippen molar-refractivity contribution in [1.29, 1.82) is 0 Å². The van der Waals surface area contributed by atoms with Crippen LogP contribution in [0.3, 0.4) is 0 Å². The Morgan fingerprint density at radius 2 is 2.00 bits per heavy atom. The minimum Gasteiger partial charge on any atom is -0.444 e.